The van der Waals surface area contributed by atoms with E-state index >= 15 is 0 Å². The van der Waals surface area contributed by atoms with Crippen molar-refractivity contribution in [3.8, 4) is 0 Å². The zero-order valence-corrected chi connectivity index (χ0v) is 9.36. The first kappa shape index (κ1) is 12.7. The predicted octanol–water partition coefficient (Wildman–Crippen LogP) is 1.10. The fourth-order valence-electron chi connectivity index (χ4n) is 1.28. The van der Waals surface area contributed by atoms with Gasteiger partial charge in [0.1, 0.15) is 5.69 Å². The summed E-state index contributed by atoms with van der Waals surface area (Å²) in [6.07, 6.45) is 1.29. The highest BCUT2D eigenvalue weighted by atomic mass is 16.5. The summed E-state index contributed by atoms with van der Waals surface area (Å²) in [5, 5.41) is 8.86. The Kier molecular flexibility index (Phi) is 4.94. The predicted molar refractivity (Wildman–Crippen MR) is 54.4 cm³/mol. The van der Waals surface area contributed by atoms with E-state index in [4.69, 9.17) is 19.0 Å². The number of hydrogen-bond donors (Lipinski definition) is 1. The first-order chi connectivity index (χ1) is 7.69. The first-order valence-electron chi connectivity index (χ1n) is 4.88. The van der Waals surface area contributed by atoms with Gasteiger partial charge in [0.05, 0.1) is 6.61 Å². The number of nitrogens with zero attached hydrogens (tertiary/aromatic N) is 1. The van der Waals surface area contributed by atoms with Gasteiger partial charge in [0.25, 0.3) is 0 Å². The summed E-state index contributed by atoms with van der Waals surface area (Å²) >= 11 is 0. The molecule has 0 radical (unpaired) electrons. The molecule has 0 aromatic carbocycles. The normalized spacial score (nSPS) is 10.6. The second-order valence-corrected chi connectivity index (χ2v) is 3.22. The van der Waals surface area contributed by atoms with Crippen LogP contribution in [0.3, 0.4) is 0 Å². The fourth-order valence-corrected chi connectivity index (χ4v) is 1.28. The SMILES string of the molecule is COCCCc1nc(COC)c(C(=O)O)o1. The molecule has 0 amide bonds. The molecule has 1 N–H and O–H groups in total. The Morgan fingerprint density at radius 3 is 2.75 bits per heavy atom. The van der Waals surface area contributed by atoms with Crippen LogP contribution >= 0.6 is 0 Å². The monoisotopic (exact) mass is 229 g/mol. The topological polar surface area (TPSA) is 81.8 Å². The summed E-state index contributed by atoms with van der Waals surface area (Å²) in [6.45, 7) is 0.722. The highest BCUT2D eigenvalue weighted by molar-refractivity contribution is 5.85. The highest BCUT2D eigenvalue weighted by Gasteiger charge is 2.18. The molecule has 1 aromatic rings. The van der Waals surface area contributed by atoms with E-state index in [0.29, 0.717) is 24.6 Å². The smallest absolute Gasteiger partial charge is 0.373 e. The number of aromatic carboxylic acids is 1. The molecule has 0 saturated carbocycles. The zero-order valence-electron chi connectivity index (χ0n) is 9.36. The molecular weight excluding hydrogens is 214 g/mol. The molecule has 0 saturated heterocycles. The second-order valence-electron chi connectivity index (χ2n) is 3.22. The average Bonchev–Trinajstić information content (AvgIpc) is 2.62. The molecule has 1 heterocycles. The Labute approximate surface area is 93.2 Å². The van der Waals surface area contributed by atoms with Crippen molar-refractivity contribution in [2.75, 3.05) is 20.8 Å². The summed E-state index contributed by atoms with van der Waals surface area (Å²) < 4.78 is 14.9. The summed E-state index contributed by atoms with van der Waals surface area (Å²) in [6, 6.07) is 0. The van der Waals surface area contributed by atoms with Crippen molar-refractivity contribution in [2.45, 2.75) is 19.4 Å². The van der Waals surface area contributed by atoms with E-state index in [9.17, 15) is 4.79 Å². The molecule has 6 nitrogen and oxygen atoms in total. The number of rotatable bonds is 7. The summed E-state index contributed by atoms with van der Waals surface area (Å²) in [7, 11) is 3.08. The molecule has 16 heavy (non-hydrogen) atoms. The fraction of sp³-hybridized carbons (Fsp3) is 0.600. The molecule has 1 aromatic heterocycles. The van der Waals surface area contributed by atoms with E-state index in [0.717, 1.165) is 6.42 Å². The third kappa shape index (κ3) is 3.32. The van der Waals surface area contributed by atoms with E-state index in [2.05, 4.69) is 4.98 Å². The van der Waals surface area contributed by atoms with Crippen LogP contribution in [-0.4, -0.2) is 36.9 Å². The Hall–Kier alpha value is -1.40. The van der Waals surface area contributed by atoms with Crippen molar-refractivity contribution >= 4 is 5.97 Å². The maximum atomic E-state index is 10.8. The van der Waals surface area contributed by atoms with Crippen molar-refractivity contribution in [3.05, 3.63) is 17.3 Å². The molecule has 6 heteroatoms. The summed E-state index contributed by atoms with van der Waals surface area (Å²) in [4.78, 5) is 14.9. The minimum atomic E-state index is -1.13. The molecule has 0 aliphatic heterocycles. The maximum absolute atomic E-state index is 10.8. The van der Waals surface area contributed by atoms with Crippen LogP contribution in [0, 0.1) is 0 Å². The van der Waals surface area contributed by atoms with Gasteiger partial charge in [-0.05, 0) is 6.42 Å². The van der Waals surface area contributed by atoms with Crippen LogP contribution in [0.5, 0.6) is 0 Å². The van der Waals surface area contributed by atoms with Gasteiger partial charge in [-0.3, -0.25) is 0 Å². The van der Waals surface area contributed by atoms with Gasteiger partial charge in [-0.15, -0.1) is 0 Å². The standard InChI is InChI=1S/C10H15NO5/c1-14-5-3-4-8-11-7(6-15-2)9(16-8)10(12)13/h3-6H2,1-2H3,(H,12,13). The Balaban J connectivity index is 2.72. The third-order valence-electron chi connectivity index (χ3n) is 1.96. The Morgan fingerprint density at radius 1 is 1.44 bits per heavy atom. The first-order valence-corrected chi connectivity index (χ1v) is 4.88. The quantitative estimate of drug-likeness (QED) is 0.705. The van der Waals surface area contributed by atoms with E-state index in [1.807, 2.05) is 0 Å². The van der Waals surface area contributed by atoms with Crippen LogP contribution in [0.25, 0.3) is 0 Å². The van der Waals surface area contributed by atoms with Gasteiger partial charge in [-0.1, -0.05) is 0 Å². The van der Waals surface area contributed by atoms with Crippen molar-refractivity contribution in [2.24, 2.45) is 0 Å². The van der Waals surface area contributed by atoms with E-state index in [1.54, 1.807) is 7.11 Å². The van der Waals surface area contributed by atoms with Crippen LogP contribution in [0.4, 0.5) is 0 Å². The minimum Gasteiger partial charge on any atom is -0.475 e. The number of oxazole rings is 1. The van der Waals surface area contributed by atoms with Gasteiger partial charge in [0.2, 0.25) is 5.76 Å². The molecule has 0 aliphatic rings. The van der Waals surface area contributed by atoms with E-state index in [1.165, 1.54) is 7.11 Å². The van der Waals surface area contributed by atoms with Gasteiger partial charge in [-0.25, -0.2) is 9.78 Å². The molecular formula is C10H15NO5. The molecule has 0 atom stereocenters. The number of ether oxygens (including phenoxy) is 2. The van der Waals surface area contributed by atoms with Crippen molar-refractivity contribution < 1.29 is 23.8 Å². The number of methoxy groups -OCH3 is 2. The van der Waals surface area contributed by atoms with Crippen LogP contribution in [0.15, 0.2) is 4.42 Å². The lowest BCUT2D eigenvalue weighted by Gasteiger charge is -1.94. The number of hydrogen-bond acceptors (Lipinski definition) is 5. The van der Waals surface area contributed by atoms with Crippen molar-refractivity contribution in [3.63, 3.8) is 0 Å². The Morgan fingerprint density at radius 2 is 2.19 bits per heavy atom. The van der Waals surface area contributed by atoms with Crippen LogP contribution in [-0.2, 0) is 22.5 Å². The maximum Gasteiger partial charge on any atom is 0.373 e. The molecule has 0 bridgehead atoms. The zero-order chi connectivity index (χ0) is 12.0. The minimum absolute atomic E-state index is 0.134. The lowest BCUT2D eigenvalue weighted by molar-refractivity contribution is 0.0653. The number of aromatic nitrogens is 1. The highest BCUT2D eigenvalue weighted by Crippen LogP contribution is 2.13. The van der Waals surface area contributed by atoms with Crippen LogP contribution < -0.4 is 0 Å². The van der Waals surface area contributed by atoms with Gasteiger partial charge < -0.3 is 19.0 Å². The van der Waals surface area contributed by atoms with Gasteiger partial charge >= 0.3 is 5.97 Å². The largest absolute Gasteiger partial charge is 0.475 e. The molecule has 90 valence electrons. The van der Waals surface area contributed by atoms with E-state index < -0.39 is 5.97 Å². The van der Waals surface area contributed by atoms with Crippen molar-refractivity contribution in [1.29, 1.82) is 0 Å². The van der Waals surface area contributed by atoms with Gasteiger partial charge in [-0.2, -0.15) is 0 Å². The number of carboxylic acid groups (broad SMARTS) is 1. The van der Waals surface area contributed by atoms with Crippen molar-refractivity contribution in [1.82, 2.24) is 4.98 Å². The average molecular weight is 229 g/mol. The lowest BCUT2D eigenvalue weighted by atomic mass is 10.3. The summed E-state index contributed by atoms with van der Waals surface area (Å²) in [5.74, 6) is -0.867. The number of carboxylic acids is 1. The van der Waals surface area contributed by atoms with Gasteiger partial charge in [0, 0.05) is 27.2 Å². The van der Waals surface area contributed by atoms with Crippen LogP contribution in [0.1, 0.15) is 28.6 Å². The molecule has 0 spiro atoms. The number of aryl methyl sites for hydroxylation is 1. The third-order valence-corrected chi connectivity index (χ3v) is 1.96. The number of carbonyl (C=O) groups is 1. The Bertz CT molecular complexity index is 347. The molecule has 1 rings (SSSR count). The molecule has 0 aliphatic carbocycles. The molecule has 0 unspecified atom stereocenters. The lowest BCUT2D eigenvalue weighted by Crippen LogP contribution is -2.00. The summed E-state index contributed by atoms with van der Waals surface area (Å²) in [5.41, 5.74) is 0.322. The molecule has 0 fully saturated rings. The second kappa shape index (κ2) is 6.24. The van der Waals surface area contributed by atoms with Crippen LogP contribution in [0.2, 0.25) is 0 Å². The van der Waals surface area contributed by atoms with E-state index in [-0.39, 0.29) is 12.4 Å². The van der Waals surface area contributed by atoms with Gasteiger partial charge in [0.15, 0.2) is 5.89 Å².